The Morgan fingerprint density at radius 3 is 2.88 bits per heavy atom. The summed E-state index contributed by atoms with van der Waals surface area (Å²) < 4.78 is 27.0. The number of nitrogens with zero attached hydrogens (tertiary/aromatic N) is 2. The molecule has 138 valence electrons. The van der Waals surface area contributed by atoms with Gasteiger partial charge >= 0.3 is 0 Å². The molecule has 0 bridgehead atoms. The fraction of sp³-hybridized carbons (Fsp3) is 0.643. The molecule has 10 heteroatoms. The van der Waals surface area contributed by atoms with Crippen LogP contribution in [-0.2, 0) is 10.0 Å². The van der Waals surface area contributed by atoms with E-state index in [0.717, 1.165) is 31.2 Å². The van der Waals surface area contributed by atoms with Crippen molar-refractivity contribution in [1.29, 1.82) is 0 Å². The van der Waals surface area contributed by atoms with Gasteiger partial charge in [0.25, 0.3) is 0 Å². The Morgan fingerprint density at radius 2 is 2.25 bits per heavy atom. The molecule has 0 amide bonds. The summed E-state index contributed by atoms with van der Waals surface area (Å²) in [7, 11) is -1.62. The van der Waals surface area contributed by atoms with Gasteiger partial charge < -0.3 is 10.2 Å². The van der Waals surface area contributed by atoms with Crippen LogP contribution in [0.4, 0.5) is 0 Å². The molecule has 0 spiro atoms. The van der Waals surface area contributed by atoms with Gasteiger partial charge in [0.1, 0.15) is 4.21 Å². The maximum Gasteiger partial charge on any atom is 0.250 e. The predicted octanol–water partition coefficient (Wildman–Crippen LogP) is 2.05. The average molecular weight is 504 g/mol. The lowest BCUT2D eigenvalue weighted by Crippen LogP contribution is -2.49. The van der Waals surface area contributed by atoms with E-state index >= 15 is 0 Å². The molecular formula is C14H25IN4O2S3. The third-order valence-electron chi connectivity index (χ3n) is 3.57. The lowest BCUT2D eigenvalue weighted by molar-refractivity contribution is 0.408. The van der Waals surface area contributed by atoms with Gasteiger partial charge in [-0.1, -0.05) is 13.0 Å². The first kappa shape index (κ1) is 22.0. The normalized spacial score (nSPS) is 19.0. The Bertz CT molecular complexity index is 608. The summed E-state index contributed by atoms with van der Waals surface area (Å²) in [5, 5.41) is 5.64. The summed E-state index contributed by atoms with van der Waals surface area (Å²) in [5.74, 6) is 1.95. The van der Waals surface area contributed by atoms with E-state index in [0.29, 0.717) is 22.5 Å². The van der Waals surface area contributed by atoms with Gasteiger partial charge in [-0.05, 0) is 17.9 Å². The number of halogens is 1. The van der Waals surface area contributed by atoms with Crippen molar-refractivity contribution in [3.8, 4) is 0 Å². The highest BCUT2D eigenvalue weighted by molar-refractivity contribution is 14.0. The number of guanidine groups is 1. The predicted molar refractivity (Wildman–Crippen MR) is 114 cm³/mol. The van der Waals surface area contributed by atoms with Crippen molar-refractivity contribution in [3.63, 3.8) is 0 Å². The van der Waals surface area contributed by atoms with Crippen molar-refractivity contribution < 1.29 is 8.42 Å². The van der Waals surface area contributed by atoms with Gasteiger partial charge in [-0.3, -0.25) is 4.99 Å². The Morgan fingerprint density at radius 1 is 1.46 bits per heavy atom. The molecule has 0 saturated carbocycles. The van der Waals surface area contributed by atoms with Gasteiger partial charge in [0.2, 0.25) is 10.0 Å². The molecule has 0 aliphatic carbocycles. The first-order valence-corrected chi connectivity index (χ1v) is 11.1. The van der Waals surface area contributed by atoms with Crippen LogP contribution in [0.2, 0.25) is 0 Å². The minimum atomic E-state index is -3.39. The quantitative estimate of drug-likeness (QED) is 0.269. The first-order valence-electron chi connectivity index (χ1n) is 7.67. The zero-order chi connectivity index (χ0) is 16.7. The van der Waals surface area contributed by atoms with Crippen LogP contribution < -0.4 is 10.0 Å². The maximum atomic E-state index is 12.0. The smallest absolute Gasteiger partial charge is 0.250 e. The van der Waals surface area contributed by atoms with Crippen LogP contribution in [0.3, 0.4) is 0 Å². The largest absolute Gasteiger partial charge is 0.355 e. The van der Waals surface area contributed by atoms with E-state index in [1.807, 2.05) is 11.8 Å². The zero-order valence-electron chi connectivity index (χ0n) is 13.9. The molecule has 1 aromatic heterocycles. The second kappa shape index (κ2) is 10.8. The lowest BCUT2D eigenvalue weighted by Gasteiger charge is -2.34. The summed E-state index contributed by atoms with van der Waals surface area (Å²) in [6.07, 6.45) is 1.15. The fourth-order valence-corrected chi connectivity index (χ4v) is 5.59. The van der Waals surface area contributed by atoms with Crippen LogP contribution in [0.1, 0.15) is 13.3 Å². The molecule has 24 heavy (non-hydrogen) atoms. The molecule has 1 atom stereocenters. The number of aliphatic imine (C=N–C) groups is 1. The van der Waals surface area contributed by atoms with Crippen molar-refractivity contribution in [2.24, 2.45) is 4.99 Å². The zero-order valence-corrected chi connectivity index (χ0v) is 18.7. The Kier molecular flexibility index (Phi) is 9.94. The number of thiophene rings is 1. The van der Waals surface area contributed by atoms with Crippen molar-refractivity contribution in [2.75, 3.05) is 39.0 Å². The summed E-state index contributed by atoms with van der Waals surface area (Å²) >= 11 is 3.23. The number of sulfonamides is 1. The van der Waals surface area contributed by atoms with E-state index in [-0.39, 0.29) is 24.0 Å². The van der Waals surface area contributed by atoms with Gasteiger partial charge in [0, 0.05) is 44.2 Å². The maximum absolute atomic E-state index is 12.0. The molecule has 1 aliphatic heterocycles. The number of nitrogens with one attached hydrogen (secondary N) is 2. The molecule has 1 saturated heterocycles. The van der Waals surface area contributed by atoms with E-state index in [1.54, 1.807) is 24.6 Å². The number of hydrogen-bond donors (Lipinski definition) is 2. The van der Waals surface area contributed by atoms with Gasteiger partial charge in [-0.2, -0.15) is 11.8 Å². The third kappa shape index (κ3) is 6.36. The Hall–Kier alpha value is -0.0400. The van der Waals surface area contributed by atoms with E-state index in [1.165, 1.54) is 11.3 Å². The molecular weight excluding hydrogens is 479 g/mol. The van der Waals surface area contributed by atoms with Crippen LogP contribution in [0.25, 0.3) is 0 Å². The number of rotatable bonds is 6. The van der Waals surface area contributed by atoms with Crippen LogP contribution in [-0.4, -0.2) is 63.5 Å². The van der Waals surface area contributed by atoms with E-state index in [2.05, 4.69) is 26.9 Å². The minimum absolute atomic E-state index is 0. The summed E-state index contributed by atoms with van der Waals surface area (Å²) in [5.41, 5.74) is 0. The first-order chi connectivity index (χ1) is 11.1. The Balaban J connectivity index is 0.00000288. The highest BCUT2D eigenvalue weighted by Gasteiger charge is 2.21. The summed E-state index contributed by atoms with van der Waals surface area (Å²) in [6.45, 7) is 5.01. The fourth-order valence-electron chi connectivity index (χ4n) is 2.34. The molecule has 2 rings (SSSR count). The van der Waals surface area contributed by atoms with Gasteiger partial charge in [0.15, 0.2) is 5.96 Å². The van der Waals surface area contributed by atoms with Gasteiger partial charge in [-0.15, -0.1) is 35.3 Å². The summed E-state index contributed by atoms with van der Waals surface area (Å²) in [6, 6.07) is 3.34. The Labute approximate surface area is 169 Å². The van der Waals surface area contributed by atoms with Crippen LogP contribution in [0, 0.1) is 0 Å². The average Bonchev–Trinajstić information content (AvgIpc) is 3.10. The van der Waals surface area contributed by atoms with Gasteiger partial charge in [-0.25, -0.2) is 13.1 Å². The molecule has 0 aromatic carbocycles. The molecule has 1 aromatic rings. The second-order valence-electron chi connectivity index (χ2n) is 5.15. The van der Waals surface area contributed by atoms with Crippen molar-refractivity contribution in [3.05, 3.63) is 17.5 Å². The van der Waals surface area contributed by atoms with Crippen LogP contribution in [0.5, 0.6) is 0 Å². The molecule has 1 aliphatic rings. The van der Waals surface area contributed by atoms with Crippen molar-refractivity contribution >= 4 is 63.1 Å². The molecule has 1 unspecified atom stereocenters. The lowest BCUT2D eigenvalue weighted by atomic mass is 10.3. The molecule has 0 radical (unpaired) electrons. The van der Waals surface area contributed by atoms with E-state index < -0.39 is 10.0 Å². The monoisotopic (exact) mass is 504 g/mol. The number of hydrogen-bond acceptors (Lipinski definition) is 5. The highest BCUT2D eigenvalue weighted by atomic mass is 127. The number of thioether (sulfide) groups is 1. The van der Waals surface area contributed by atoms with E-state index in [4.69, 9.17) is 0 Å². The molecule has 2 heterocycles. The third-order valence-corrected chi connectivity index (χ3v) is 7.80. The van der Waals surface area contributed by atoms with Crippen LogP contribution >= 0.6 is 47.1 Å². The van der Waals surface area contributed by atoms with Crippen molar-refractivity contribution in [2.45, 2.75) is 22.8 Å². The summed E-state index contributed by atoms with van der Waals surface area (Å²) in [4.78, 5) is 6.56. The van der Waals surface area contributed by atoms with E-state index in [9.17, 15) is 8.42 Å². The van der Waals surface area contributed by atoms with Crippen molar-refractivity contribution in [1.82, 2.24) is 14.9 Å². The second-order valence-corrected chi connectivity index (χ2v) is 9.50. The molecule has 2 N–H and O–H groups in total. The molecule has 1 fully saturated rings. The molecule has 6 nitrogen and oxygen atoms in total. The standard InChI is InChI=1S/C14H24N4O2S3.HI/c1-3-12-11-18(8-10-21-12)14(15-2)16-6-7-17-23(19,20)13-5-4-9-22-13;/h4-5,9,12,17H,3,6-8,10-11H2,1-2H3,(H,15,16);1H. The SMILES string of the molecule is CCC1CN(C(=NC)NCCNS(=O)(=O)c2cccs2)CCS1.I. The highest BCUT2D eigenvalue weighted by Crippen LogP contribution is 2.21. The minimum Gasteiger partial charge on any atom is -0.355 e. The van der Waals surface area contributed by atoms with Crippen LogP contribution in [0.15, 0.2) is 26.7 Å². The van der Waals surface area contributed by atoms with Gasteiger partial charge in [0.05, 0.1) is 0 Å². The topological polar surface area (TPSA) is 73.8 Å².